The van der Waals surface area contributed by atoms with E-state index in [1.54, 1.807) is 12.1 Å². The fraction of sp³-hybridized carbons (Fsp3) is 0.400. The van der Waals surface area contributed by atoms with Gasteiger partial charge in [0.1, 0.15) is 0 Å². The molecule has 0 aliphatic rings. The smallest absolute Gasteiger partial charge is 0.165 e. The second kappa shape index (κ2) is 4.82. The summed E-state index contributed by atoms with van der Waals surface area (Å²) in [7, 11) is 3.36. The number of ether oxygens (including phenoxy) is 1. The lowest BCUT2D eigenvalue weighted by molar-refractivity contribution is 0.386. The summed E-state index contributed by atoms with van der Waals surface area (Å²) in [5, 5.41) is 3.03. The predicted molar refractivity (Wildman–Crippen MR) is 50.6 cm³/mol. The normalized spacial score (nSPS) is 10.1. The molecule has 1 aromatic carbocycles. The molecule has 3 heteroatoms. The molecule has 0 saturated carbocycles. The van der Waals surface area contributed by atoms with E-state index in [-0.39, 0.29) is 5.82 Å². The van der Waals surface area contributed by atoms with Crippen LogP contribution in [0.15, 0.2) is 18.2 Å². The summed E-state index contributed by atoms with van der Waals surface area (Å²) in [5.41, 5.74) is 1.08. The Hall–Kier alpha value is -1.09. The van der Waals surface area contributed by atoms with Crippen molar-refractivity contribution in [2.75, 3.05) is 20.7 Å². The van der Waals surface area contributed by atoms with Crippen molar-refractivity contribution in [2.24, 2.45) is 0 Å². The Balaban J connectivity index is 2.74. The Morgan fingerprint density at radius 3 is 2.85 bits per heavy atom. The van der Waals surface area contributed by atoms with Crippen LogP contribution in [0.2, 0.25) is 0 Å². The fourth-order valence-corrected chi connectivity index (χ4v) is 1.13. The first-order chi connectivity index (χ1) is 6.27. The molecule has 13 heavy (non-hydrogen) atoms. The quantitative estimate of drug-likeness (QED) is 0.765. The molecule has 0 bridgehead atoms. The average Bonchev–Trinajstić information content (AvgIpc) is 2.16. The van der Waals surface area contributed by atoms with Crippen LogP contribution in [0.25, 0.3) is 0 Å². The zero-order chi connectivity index (χ0) is 9.68. The molecule has 0 aromatic heterocycles. The molecular weight excluding hydrogens is 169 g/mol. The van der Waals surface area contributed by atoms with Gasteiger partial charge in [0.2, 0.25) is 0 Å². The van der Waals surface area contributed by atoms with Gasteiger partial charge in [0.05, 0.1) is 7.11 Å². The Labute approximate surface area is 77.7 Å². The third-order valence-corrected chi connectivity index (χ3v) is 1.88. The van der Waals surface area contributed by atoms with E-state index < -0.39 is 0 Å². The molecule has 1 rings (SSSR count). The van der Waals surface area contributed by atoms with Crippen LogP contribution in [0.3, 0.4) is 0 Å². The molecule has 0 fully saturated rings. The maximum atomic E-state index is 13.0. The minimum atomic E-state index is -0.310. The molecule has 0 unspecified atom stereocenters. The highest BCUT2D eigenvalue weighted by Crippen LogP contribution is 2.18. The van der Waals surface area contributed by atoms with Gasteiger partial charge in [-0.25, -0.2) is 4.39 Å². The summed E-state index contributed by atoms with van der Waals surface area (Å²) in [6.07, 6.45) is 0.882. The summed E-state index contributed by atoms with van der Waals surface area (Å²) in [6.45, 7) is 0.884. The minimum Gasteiger partial charge on any atom is -0.494 e. The van der Waals surface area contributed by atoms with E-state index in [2.05, 4.69) is 5.32 Å². The number of benzene rings is 1. The SMILES string of the molecule is CNCCc1ccc(F)c(OC)c1. The highest BCUT2D eigenvalue weighted by molar-refractivity contribution is 5.30. The van der Waals surface area contributed by atoms with E-state index in [0.717, 1.165) is 18.5 Å². The van der Waals surface area contributed by atoms with E-state index in [0.29, 0.717) is 5.75 Å². The third-order valence-electron chi connectivity index (χ3n) is 1.88. The first kappa shape index (κ1) is 9.99. The Kier molecular flexibility index (Phi) is 3.71. The molecule has 0 amide bonds. The second-order valence-electron chi connectivity index (χ2n) is 2.82. The van der Waals surface area contributed by atoms with Crippen molar-refractivity contribution in [2.45, 2.75) is 6.42 Å². The largest absolute Gasteiger partial charge is 0.494 e. The van der Waals surface area contributed by atoms with Gasteiger partial charge in [-0.15, -0.1) is 0 Å². The molecule has 0 heterocycles. The van der Waals surface area contributed by atoms with Crippen LogP contribution in [-0.2, 0) is 6.42 Å². The van der Waals surface area contributed by atoms with Crippen LogP contribution in [-0.4, -0.2) is 20.7 Å². The zero-order valence-corrected chi connectivity index (χ0v) is 7.93. The molecule has 1 aromatic rings. The number of likely N-dealkylation sites (N-methyl/N-ethyl adjacent to an activating group) is 1. The number of hydrogen-bond donors (Lipinski definition) is 1. The van der Waals surface area contributed by atoms with E-state index in [9.17, 15) is 4.39 Å². The van der Waals surface area contributed by atoms with Crippen molar-refractivity contribution in [3.63, 3.8) is 0 Å². The van der Waals surface area contributed by atoms with Gasteiger partial charge in [-0.05, 0) is 37.7 Å². The molecule has 1 N–H and O–H groups in total. The summed E-state index contributed by atoms with van der Waals surface area (Å²) in [6, 6.07) is 4.94. The molecule has 0 atom stereocenters. The van der Waals surface area contributed by atoms with Gasteiger partial charge in [-0.1, -0.05) is 6.07 Å². The number of rotatable bonds is 4. The topological polar surface area (TPSA) is 21.3 Å². The van der Waals surface area contributed by atoms with E-state index in [1.165, 1.54) is 13.2 Å². The molecule has 0 radical (unpaired) electrons. The molecule has 72 valence electrons. The average molecular weight is 183 g/mol. The van der Waals surface area contributed by atoms with Crippen molar-refractivity contribution in [3.05, 3.63) is 29.6 Å². The van der Waals surface area contributed by atoms with Crippen molar-refractivity contribution in [1.29, 1.82) is 0 Å². The molecule has 0 spiro atoms. The minimum absolute atomic E-state index is 0.310. The summed E-state index contributed by atoms with van der Waals surface area (Å²) >= 11 is 0. The summed E-state index contributed by atoms with van der Waals surface area (Å²) in [4.78, 5) is 0. The van der Waals surface area contributed by atoms with Crippen LogP contribution in [0.4, 0.5) is 4.39 Å². The Morgan fingerprint density at radius 1 is 1.46 bits per heavy atom. The van der Waals surface area contributed by atoms with Crippen LogP contribution in [0.5, 0.6) is 5.75 Å². The van der Waals surface area contributed by atoms with Gasteiger partial charge in [-0.3, -0.25) is 0 Å². The zero-order valence-electron chi connectivity index (χ0n) is 7.93. The van der Waals surface area contributed by atoms with Gasteiger partial charge >= 0.3 is 0 Å². The predicted octanol–water partition coefficient (Wildman–Crippen LogP) is 1.60. The van der Waals surface area contributed by atoms with Gasteiger partial charge in [0.25, 0.3) is 0 Å². The number of halogens is 1. The van der Waals surface area contributed by atoms with Crippen LogP contribution >= 0.6 is 0 Å². The van der Waals surface area contributed by atoms with E-state index >= 15 is 0 Å². The van der Waals surface area contributed by atoms with Gasteiger partial charge in [0.15, 0.2) is 11.6 Å². The fourth-order valence-electron chi connectivity index (χ4n) is 1.13. The van der Waals surface area contributed by atoms with Gasteiger partial charge in [-0.2, -0.15) is 0 Å². The summed E-state index contributed by atoms with van der Waals surface area (Å²) in [5.74, 6) is 0.00399. The van der Waals surface area contributed by atoms with Crippen molar-refractivity contribution in [3.8, 4) is 5.75 Å². The summed E-state index contributed by atoms with van der Waals surface area (Å²) < 4.78 is 17.8. The third kappa shape index (κ3) is 2.70. The lowest BCUT2D eigenvalue weighted by Gasteiger charge is -2.05. The Morgan fingerprint density at radius 2 is 2.23 bits per heavy atom. The van der Waals surface area contributed by atoms with Crippen molar-refractivity contribution >= 4 is 0 Å². The number of methoxy groups -OCH3 is 1. The maximum absolute atomic E-state index is 13.0. The van der Waals surface area contributed by atoms with Gasteiger partial charge < -0.3 is 10.1 Å². The molecule has 0 aliphatic carbocycles. The number of nitrogens with one attached hydrogen (secondary N) is 1. The standard InChI is InChI=1S/C10H14FNO/c1-12-6-5-8-3-4-9(11)10(7-8)13-2/h3-4,7,12H,5-6H2,1-2H3. The lowest BCUT2D eigenvalue weighted by Crippen LogP contribution is -2.10. The highest BCUT2D eigenvalue weighted by atomic mass is 19.1. The van der Waals surface area contributed by atoms with E-state index in [4.69, 9.17) is 4.74 Å². The van der Waals surface area contributed by atoms with Crippen LogP contribution in [0, 0.1) is 5.82 Å². The Bertz CT molecular complexity index is 276. The highest BCUT2D eigenvalue weighted by Gasteiger charge is 2.02. The number of hydrogen-bond acceptors (Lipinski definition) is 2. The maximum Gasteiger partial charge on any atom is 0.165 e. The molecule has 0 aliphatic heterocycles. The van der Waals surface area contributed by atoms with Crippen LogP contribution in [0.1, 0.15) is 5.56 Å². The van der Waals surface area contributed by atoms with Crippen molar-refractivity contribution < 1.29 is 9.13 Å². The first-order valence-corrected chi connectivity index (χ1v) is 4.25. The van der Waals surface area contributed by atoms with Crippen molar-refractivity contribution in [1.82, 2.24) is 5.32 Å². The van der Waals surface area contributed by atoms with Gasteiger partial charge in [0, 0.05) is 0 Å². The lowest BCUT2D eigenvalue weighted by atomic mass is 10.1. The monoisotopic (exact) mass is 183 g/mol. The van der Waals surface area contributed by atoms with Crippen LogP contribution < -0.4 is 10.1 Å². The van der Waals surface area contributed by atoms with E-state index in [1.807, 2.05) is 7.05 Å². The molecule has 2 nitrogen and oxygen atoms in total. The first-order valence-electron chi connectivity index (χ1n) is 4.25. The second-order valence-corrected chi connectivity index (χ2v) is 2.82. The molecular formula is C10H14FNO. The molecule has 0 saturated heterocycles.